The summed E-state index contributed by atoms with van der Waals surface area (Å²) in [6.07, 6.45) is 0. The lowest BCUT2D eigenvalue weighted by Crippen LogP contribution is -2.12. The Hall–Kier alpha value is -3.75. The molecule has 0 spiro atoms. The number of fused-ring (bicyclic) bond motifs is 1. The fourth-order valence-electron chi connectivity index (χ4n) is 3.57. The lowest BCUT2D eigenvalue weighted by atomic mass is 10.2. The number of amides is 1. The van der Waals surface area contributed by atoms with E-state index >= 15 is 0 Å². The molecule has 1 aliphatic rings. The number of nitrogens with one attached hydrogen (secondary N) is 1. The van der Waals surface area contributed by atoms with Crippen molar-refractivity contribution in [3.63, 3.8) is 0 Å². The van der Waals surface area contributed by atoms with Crippen LogP contribution in [0.15, 0.2) is 60.7 Å². The zero-order valence-corrected chi connectivity index (χ0v) is 21.0. The van der Waals surface area contributed by atoms with Gasteiger partial charge >= 0.3 is 6.01 Å². The van der Waals surface area contributed by atoms with Crippen LogP contribution in [0.1, 0.15) is 24.2 Å². The minimum Gasteiger partial charge on any atom is -0.462 e. The highest BCUT2D eigenvalue weighted by atomic mass is 35.5. The van der Waals surface area contributed by atoms with E-state index in [0.29, 0.717) is 51.1 Å². The molecule has 2 heterocycles. The Balaban J connectivity index is 1.43. The average Bonchev–Trinajstić information content (AvgIpc) is 3.49. The number of carbonyl (C=O) groups is 1. The third-order valence-electron chi connectivity index (χ3n) is 5.26. The Morgan fingerprint density at radius 3 is 2.47 bits per heavy atom. The summed E-state index contributed by atoms with van der Waals surface area (Å²) >= 11 is 12.0. The molecule has 1 aromatic heterocycles. The second kappa shape index (κ2) is 10.1. The van der Waals surface area contributed by atoms with Crippen LogP contribution in [0.25, 0.3) is 17.1 Å². The summed E-state index contributed by atoms with van der Waals surface area (Å²) in [6, 6.07) is 17.8. The van der Waals surface area contributed by atoms with Crippen molar-refractivity contribution < 1.29 is 19.0 Å². The molecule has 8 nitrogen and oxygen atoms in total. The first-order chi connectivity index (χ1) is 17.4. The summed E-state index contributed by atoms with van der Waals surface area (Å²) in [4.78, 5) is 17.3. The van der Waals surface area contributed by atoms with Gasteiger partial charge in [0.25, 0.3) is 5.91 Å². The Morgan fingerprint density at radius 1 is 1.03 bits per heavy atom. The summed E-state index contributed by atoms with van der Waals surface area (Å²) in [5, 5.41) is 8.20. The number of hydrogen-bond acceptors (Lipinski definition) is 6. The Labute approximate surface area is 217 Å². The summed E-state index contributed by atoms with van der Waals surface area (Å²) in [5.74, 6) is 1.91. The topological polar surface area (TPSA) is 87.5 Å². The van der Waals surface area contributed by atoms with Crippen LogP contribution in [0.4, 0.5) is 5.69 Å². The number of benzene rings is 3. The first kappa shape index (κ1) is 24.0. The summed E-state index contributed by atoms with van der Waals surface area (Å²) < 4.78 is 18.4. The van der Waals surface area contributed by atoms with Crippen molar-refractivity contribution >= 4 is 34.8 Å². The van der Waals surface area contributed by atoms with E-state index in [9.17, 15) is 4.79 Å². The van der Waals surface area contributed by atoms with Crippen molar-refractivity contribution in [1.29, 1.82) is 0 Å². The molecule has 36 heavy (non-hydrogen) atoms. The molecule has 1 N–H and O–H groups in total. The molecule has 5 rings (SSSR count). The minimum atomic E-state index is -0.321. The molecule has 0 bridgehead atoms. The Bertz CT molecular complexity index is 1400. The van der Waals surface area contributed by atoms with Crippen LogP contribution < -0.4 is 19.5 Å². The van der Waals surface area contributed by atoms with Crippen LogP contribution in [0.2, 0.25) is 10.0 Å². The molecule has 0 fully saturated rings. The maximum absolute atomic E-state index is 12.6. The van der Waals surface area contributed by atoms with Gasteiger partial charge < -0.3 is 19.5 Å². The van der Waals surface area contributed by atoms with E-state index in [-0.39, 0.29) is 18.7 Å². The van der Waals surface area contributed by atoms with Gasteiger partial charge in [-0.2, -0.15) is 4.98 Å². The predicted octanol–water partition coefficient (Wildman–Crippen LogP) is 6.26. The number of halogens is 2. The van der Waals surface area contributed by atoms with Gasteiger partial charge in [-0.25, -0.2) is 4.68 Å². The van der Waals surface area contributed by atoms with Crippen LogP contribution >= 0.6 is 23.2 Å². The zero-order chi connectivity index (χ0) is 25.2. The average molecular weight is 525 g/mol. The molecule has 1 amide bonds. The predicted molar refractivity (Wildman–Crippen MR) is 138 cm³/mol. The largest absolute Gasteiger partial charge is 0.462 e. The van der Waals surface area contributed by atoms with Gasteiger partial charge in [-0.3, -0.25) is 4.79 Å². The molecule has 0 aliphatic carbocycles. The lowest BCUT2D eigenvalue weighted by Gasteiger charge is -2.09. The van der Waals surface area contributed by atoms with Crippen LogP contribution in [0, 0.1) is 5.92 Å². The van der Waals surface area contributed by atoms with Gasteiger partial charge in [-0.15, -0.1) is 5.10 Å². The van der Waals surface area contributed by atoms with Gasteiger partial charge in [0.05, 0.1) is 12.3 Å². The van der Waals surface area contributed by atoms with Crippen molar-refractivity contribution in [2.75, 3.05) is 18.7 Å². The smallest absolute Gasteiger partial charge is 0.336 e. The van der Waals surface area contributed by atoms with Gasteiger partial charge in [0, 0.05) is 26.9 Å². The quantitative estimate of drug-likeness (QED) is 0.307. The highest BCUT2D eigenvalue weighted by molar-refractivity contribution is 6.35. The highest BCUT2D eigenvalue weighted by Crippen LogP contribution is 2.36. The number of rotatable bonds is 7. The van der Waals surface area contributed by atoms with Gasteiger partial charge in [-0.1, -0.05) is 37.0 Å². The van der Waals surface area contributed by atoms with Gasteiger partial charge in [-0.05, 0) is 66.6 Å². The molecule has 4 aromatic rings. The molecule has 0 saturated carbocycles. The summed E-state index contributed by atoms with van der Waals surface area (Å²) in [7, 11) is 0. The molecule has 0 saturated heterocycles. The lowest BCUT2D eigenvalue weighted by molar-refractivity contribution is 0.102. The Kier molecular flexibility index (Phi) is 6.71. The van der Waals surface area contributed by atoms with Gasteiger partial charge in [0.2, 0.25) is 6.79 Å². The minimum absolute atomic E-state index is 0.183. The molecular formula is C26H22Cl2N4O4. The van der Waals surface area contributed by atoms with E-state index in [0.717, 1.165) is 11.3 Å². The van der Waals surface area contributed by atoms with Crippen molar-refractivity contribution in [3.8, 4) is 34.6 Å². The molecule has 0 atom stereocenters. The third kappa shape index (κ3) is 5.24. The number of ether oxygens (including phenoxy) is 3. The Morgan fingerprint density at radius 2 is 1.75 bits per heavy atom. The SMILES string of the molecule is CC(C)COc1nc(-c2ccc3c(c2)OCO3)n(-c2ccc(NC(=O)c3cc(Cl)cc(Cl)c3)cc2)n1. The molecule has 1 aliphatic heterocycles. The van der Waals surface area contributed by atoms with Crippen LogP contribution in [0.5, 0.6) is 17.5 Å². The number of hydrogen-bond donors (Lipinski definition) is 1. The summed E-state index contributed by atoms with van der Waals surface area (Å²) in [6.45, 7) is 4.78. The van der Waals surface area contributed by atoms with Crippen LogP contribution in [0.3, 0.4) is 0 Å². The molecule has 0 unspecified atom stereocenters. The summed E-state index contributed by atoms with van der Waals surface area (Å²) in [5.41, 5.74) is 2.49. The number of carbonyl (C=O) groups excluding carboxylic acids is 1. The molecule has 10 heteroatoms. The van der Waals surface area contributed by atoms with Crippen molar-refractivity contribution in [2.24, 2.45) is 5.92 Å². The van der Waals surface area contributed by atoms with Crippen molar-refractivity contribution in [2.45, 2.75) is 13.8 Å². The normalized spacial score (nSPS) is 12.1. The number of anilines is 1. The number of aromatic nitrogens is 3. The van der Waals surface area contributed by atoms with E-state index in [1.54, 1.807) is 35.0 Å². The van der Waals surface area contributed by atoms with E-state index in [2.05, 4.69) is 29.2 Å². The highest BCUT2D eigenvalue weighted by Gasteiger charge is 2.20. The van der Waals surface area contributed by atoms with Crippen molar-refractivity contribution in [3.05, 3.63) is 76.3 Å². The van der Waals surface area contributed by atoms with E-state index in [1.165, 1.54) is 0 Å². The van der Waals surface area contributed by atoms with Gasteiger partial charge in [0.1, 0.15) is 0 Å². The zero-order valence-electron chi connectivity index (χ0n) is 19.5. The van der Waals surface area contributed by atoms with E-state index < -0.39 is 0 Å². The molecule has 3 aromatic carbocycles. The first-order valence-electron chi connectivity index (χ1n) is 11.2. The standard InChI is InChI=1S/C26H22Cl2N4O4/c1-15(2)13-34-26-30-24(16-3-8-22-23(11-16)36-14-35-22)32(31-26)21-6-4-20(5-7-21)29-25(33)17-9-18(27)12-19(28)10-17/h3-12,15H,13-14H2,1-2H3,(H,29,33). The maximum Gasteiger partial charge on any atom is 0.336 e. The second-order valence-electron chi connectivity index (χ2n) is 8.56. The van der Waals surface area contributed by atoms with Crippen LogP contribution in [-0.2, 0) is 0 Å². The fraction of sp³-hybridized carbons (Fsp3) is 0.192. The second-order valence-corrected chi connectivity index (χ2v) is 9.43. The van der Waals surface area contributed by atoms with Crippen LogP contribution in [-0.4, -0.2) is 34.1 Å². The third-order valence-corrected chi connectivity index (χ3v) is 5.70. The maximum atomic E-state index is 12.6. The monoisotopic (exact) mass is 524 g/mol. The van der Waals surface area contributed by atoms with E-state index in [1.807, 2.05) is 30.3 Å². The first-order valence-corrected chi connectivity index (χ1v) is 12.0. The van der Waals surface area contributed by atoms with Crippen molar-refractivity contribution in [1.82, 2.24) is 14.8 Å². The molecule has 184 valence electrons. The van der Waals surface area contributed by atoms with E-state index in [4.69, 9.17) is 37.4 Å². The number of nitrogens with zero attached hydrogens (tertiary/aromatic N) is 3. The molecular weight excluding hydrogens is 503 g/mol. The molecule has 0 radical (unpaired) electrons. The van der Waals surface area contributed by atoms with Gasteiger partial charge in [0.15, 0.2) is 17.3 Å². The fourth-order valence-corrected chi connectivity index (χ4v) is 4.10.